The molecule has 0 spiro atoms. The molecule has 0 saturated heterocycles. The number of fused-ring (bicyclic) bond motifs is 2. The van der Waals surface area contributed by atoms with Crippen molar-refractivity contribution < 1.29 is 9.47 Å². The molecule has 1 N–H and O–H groups in total. The summed E-state index contributed by atoms with van der Waals surface area (Å²) in [6.45, 7) is 3.07. The maximum atomic E-state index is 6.08. The molecule has 11 nitrogen and oxygen atoms in total. The fraction of sp³-hybridized carbons (Fsp3) is 0.120. The second-order valence-corrected chi connectivity index (χ2v) is 8.04. The van der Waals surface area contributed by atoms with Crippen molar-refractivity contribution in [3.63, 3.8) is 0 Å². The quantitative estimate of drug-likeness (QED) is 0.343. The summed E-state index contributed by atoms with van der Waals surface area (Å²) in [7, 11) is 0. The van der Waals surface area contributed by atoms with Crippen LogP contribution >= 0.6 is 0 Å². The zero-order valence-electron chi connectivity index (χ0n) is 19.3. The van der Waals surface area contributed by atoms with Crippen molar-refractivity contribution in [1.29, 1.82) is 0 Å². The SMILES string of the molecule is Cc1cc(Nc2ncnc3ccc(OCCn4cncn4)cc23)ccc1Oc1ccn2ncnc2c1. The normalized spacial score (nSPS) is 11.1. The van der Waals surface area contributed by atoms with E-state index >= 15 is 0 Å². The number of anilines is 2. The van der Waals surface area contributed by atoms with Gasteiger partial charge in [0.25, 0.3) is 0 Å². The van der Waals surface area contributed by atoms with Gasteiger partial charge in [0.2, 0.25) is 0 Å². The minimum Gasteiger partial charge on any atom is -0.492 e. The lowest BCUT2D eigenvalue weighted by Gasteiger charge is -2.13. The van der Waals surface area contributed by atoms with Crippen LogP contribution in [0.2, 0.25) is 0 Å². The van der Waals surface area contributed by atoms with E-state index in [9.17, 15) is 0 Å². The van der Waals surface area contributed by atoms with Crippen LogP contribution in [-0.2, 0) is 6.54 Å². The fourth-order valence-corrected chi connectivity index (χ4v) is 3.80. The van der Waals surface area contributed by atoms with Crippen LogP contribution in [0.5, 0.6) is 17.2 Å². The summed E-state index contributed by atoms with van der Waals surface area (Å²) in [6.07, 6.45) is 8.03. The van der Waals surface area contributed by atoms with E-state index in [-0.39, 0.29) is 0 Å². The molecule has 2 aromatic carbocycles. The van der Waals surface area contributed by atoms with E-state index in [0.29, 0.717) is 24.7 Å². The van der Waals surface area contributed by atoms with Crippen molar-refractivity contribution >= 4 is 28.1 Å². The summed E-state index contributed by atoms with van der Waals surface area (Å²) in [5.41, 5.74) is 3.39. The number of rotatable bonds is 8. The second kappa shape index (κ2) is 9.29. The summed E-state index contributed by atoms with van der Waals surface area (Å²) < 4.78 is 15.4. The number of aromatic nitrogens is 8. The number of hydrogen-bond donors (Lipinski definition) is 1. The molecule has 4 aromatic heterocycles. The highest BCUT2D eigenvalue weighted by Crippen LogP contribution is 2.31. The van der Waals surface area contributed by atoms with Gasteiger partial charge < -0.3 is 14.8 Å². The highest BCUT2D eigenvalue weighted by Gasteiger charge is 2.09. The minimum absolute atomic E-state index is 0.468. The first-order chi connectivity index (χ1) is 17.7. The molecule has 0 atom stereocenters. The average molecular weight is 480 g/mol. The van der Waals surface area contributed by atoms with E-state index in [1.54, 1.807) is 21.9 Å². The molecule has 0 radical (unpaired) electrons. The minimum atomic E-state index is 0.468. The van der Waals surface area contributed by atoms with E-state index in [4.69, 9.17) is 9.47 Å². The molecule has 6 aromatic rings. The van der Waals surface area contributed by atoms with Gasteiger partial charge in [0.05, 0.1) is 12.1 Å². The lowest BCUT2D eigenvalue weighted by molar-refractivity contribution is 0.291. The molecule has 0 aliphatic rings. The summed E-state index contributed by atoms with van der Waals surface area (Å²) >= 11 is 0. The highest BCUT2D eigenvalue weighted by atomic mass is 16.5. The number of hydrogen-bond acceptors (Lipinski definition) is 9. The standard InChI is InChI=1S/C25H21N9O2/c1-17-10-18(2-5-23(17)36-20-6-7-34-24(12-20)28-15-31-34)32-25-21-11-19(3-4-22(21)27-14-29-25)35-9-8-33-16-26-13-30-33/h2-7,10-16H,8-9H2,1H3,(H,27,29,32). The Balaban J connectivity index is 1.19. The first-order valence-corrected chi connectivity index (χ1v) is 11.3. The van der Waals surface area contributed by atoms with Crippen molar-refractivity contribution in [2.45, 2.75) is 13.5 Å². The molecule has 0 aliphatic heterocycles. The third-order valence-electron chi connectivity index (χ3n) is 5.58. The van der Waals surface area contributed by atoms with Gasteiger partial charge in [-0.25, -0.2) is 29.1 Å². The number of nitrogens with zero attached hydrogens (tertiary/aromatic N) is 8. The topological polar surface area (TPSA) is 117 Å². The van der Waals surface area contributed by atoms with Crippen LogP contribution in [0.15, 0.2) is 80.0 Å². The van der Waals surface area contributed by atoms with Gasteiger partial charge in [0, 0.05) is 23.3 Å². The molecule has 0 aliphatic carbocycles. The molecular weight excluding hydrogens is 458 g/mol. The van der Waals surface area contributed by atoms with Crippen LogP contribution in [0.25, 0.3) is 16.6 Å². The van der Waals surface area contributed by atoms with Crippen LogP contribution in [0.4, 0.5) is 11.5 Å². The van der Waals surface area contributed by atoms with Crippen LogP contribution in [-0.4, -0.2) is 45.9 Å². The molecule has 178 valence electrons. The van der Waals surface area contributed by atoms with Gasteiger partial charge in [0.15, 0.2) is 5.65 Å². The Labute approximate surface area is 205 Å². The summed E-state index contributed by atoms with van der Waals surface area (Å²) in [4.78, 5) is 17.0. The number of ether oxygens (including phenoxy) is 2. The molecule has 6 rings (SSSR count). The van der Waals surface area contributed by atoms with Gasteiger partial charge >= 0.3 is 0 Å². The molecule has 0 saturated carbocycles. The molecular formula is C25H21N9O2. The summed E-state index contributed by atoms with van der Waals surface area (Å²) in [6, 6.07) is 15.3. The van der Waals surface area contributed by atoms with E-state index in [0.717, 1.165) is 39.3 Å². The van der Waals surface area contributed by atoms with Gasteiger partial charge in [-0.15, -0.1) is 0 Å². The van der Waals surface area contributed by atoms with Gasteiger partial charge in [-0.1, -0.05) is 0 Å². The zero-order chi connectivity index (χ0) is 24.3. The summed E-state index contributed by atoms with van der Waals surface area (Å²) in [5, 5.41) is 12.4. The van der Waals surface area contributed by atoms with E-state index < -0.39 is 0 Å². The van der Waals surface area contributed by atoms with E-state index in [2.05, 4.69) is 35.5 Å². The largest absolute Gasteiger partial charge is 0.492 e. The van der Waals surface area contributed by atoms with Crippen molar-refractivity contribution in [3.8, 4) is 17.2 Å². The maximum Gasteiger partial charge on any atom is 0.158 e. The number of pyridine rings is 1. The predicted molar refractivity (Wildman–Crippen MR) is 133 cm³/mol. The van der Waals surface area contributed by atoms with Crippen LogP contribution in [0, 0.1) is 6.92 Å². The smallest absolute Gasteiger partial charge is 0.158 e. The zero-order valence-corrected chi connectivity index (χ0v) is 19.3. The molecule has 0 unspecified atom stereocenters. The average Bonchev–Trinajstić information content (AvgIpc) is 3.58. The third kappa shape index (κ3) is 4.49. The van der Waals surface area contributed by atoms with E-state index in [1.165, 1.54) is 12.7 Å². The Morgan fingerprint density at radius 1 is 0.889 bits per heavy atom. The Morgan fingerprint density at radius 3 is 2.75 bits per heavy atom. The highest BCUT2D eigenvalue weighted by molar-refractivity contribution is 5.91. The van der Waals surface area contributed by atoms with Gasteiger partial charge in [0.1, 0.15) is 55.0 Å². The Bertz CT molecular complexity index is 1650. The number of benzene rings is 2. The Kier molecular flexibility index (Phi) is 5.54. The Morgan fingerprint density at radius 2 is 1.86 bits per heavy atom. The van der Waals surface area contributed by atoms with Crippen molar-refractivity contribution in [3.05, 3.63) is 85.6 Å². The maximum absolute atomic E-state index is 6.08. The van der Waals surface area contributed by atoms with Crippen LogP contribution in [0.1, 0.15) is 5.56 Å². The van der Waals surface area contributed by atoms with Gasteiger partial charge in [-0.05, 0) is 55.0 Å². The lowest BCUT2D eigenvalue weighted by Crippen LogP contribution is -2.08. The van der Waals surface area contributed by atoms with Gasteiger partial charge in [-0.2, -0.15) is 10.2 Å². The number of aryl methyl sites for hydroxylation is 1. The first kappa shape index (κ1) is 21.5. The number of nitrogens with one attached hydrogen (secondary N) is 1. The Hall–Kier alpha value is -5.06. The van der Waals surface area contributed by atoms with Crippen LogP contribution < -0.4 is 14.8 Å². The second-order valence-electron chi connectivity index (χ2n) is 8.04. The van der Waals surface area contributed by atoms with Crippen LogP contribution in [0.3, 0.4) is 0 Å². The van der Waals surface area contributed by atoms with E-state index in [1.807, 2.05) is 61.7 Å². The van der Waals surface area contributed by atoms with Crippen molar-refractivity contribution in [2.24, 2.45) is 0 Å². The monoisotopic (exact) mass is 479 g/mol. The molecule has 0 fully saturated rings. The molecule has 4 heterocycles. The molecule has 0 bridgehead atoms. The van der Waals surface area contributed by atoms with Crippen molar-refractivity contribution in [1.82, 2.24) is 39.3 Å². The molecule has 0 amide bonds. The lowest BCUT2D eigenvalue weighted by atomic mass is 10.2. The molecule has 11 heteroatoms. The van der Waals surface area contributed by atoms with Crippen molar-refractivity contribution in [2.75, 3.05) is 11.9 Å². The summed E-state index contributed by atoms with van der Waals surface area (Å²) in [5.74, 6) is 2.86. The predicted octanol–water partition coefficient (Wildman–Crippen LogP) is 4.19. The van der Waals surface area contributed by atoms with Gasteiger partial charge in [-0.3, -0.25) is 0 Å². The third-order valence-corrected chi connectivity index (χ3v) is 5.58. The fourth-order valence-electron chi connectivity index (χ4n) is 3.80. The first-order valence-electron chi connectivity index (χ1n) is 11.3. The molecule has 36 heavy (non-hydrogen) atoms.